The van der Waals surface area contributed by atoms with Gasteiger partial charge in [-0.1, -0.05) is 11.6 Å². The maximum atomic E-state index is 11.1. The predicted octanol–water partition coefficient (Wildman–Crippen LogP) is 1.99. The fraction of sp³-hybridized carbons (Fsp3) is 0.333. The Hall–Kier alpha value is -1.29. The summed E-state index contributed by atoms with van der Waals surface area (Å²) in [6.45, 7) is 2.57. The minimum absolute atomic E-state index is 0.185. The number of rotatable bonds is 3. The fourth-order valence-corrected chi connectivity index (χ4v) is 2.31. The minimum Gasteiger partial charge on any atom is -0.346 e. The van der Waals surface area contributed by atoms with E-state index < -0.39 is 9.84 Å². The Morgan fingerprint density at radius 3 is 2.69 bits per heavy atom. The van der Waals surface area contributed by atoms with Gasteiger partial charge < -0.3 is 4.57 Å². The van der Waals surface area contributed by atoms with Gasteiger partial charge in [-0.3, -0.25) is 0 Å². The molecule has 1 heterocycles. The molecule has 2 rings (SSSR count). The first-order valence-corrected chi connectivity index (χ1v) is 7.25. The summed E-state index contributed by atoms with van der Waals surface area (Å²) in [5, 5.41) is 1.16. The third kappa shape index (κ3) is 2.44. The summed E-state index contributed by atoms with van der Waals surface area (Å²) in [7, 11) is -2.90. The van der Waals surface area contributed by atoms with E-state index in [1.165, 1.54) is 11.8 Å². The molecule has 0 saturated carbocycles. The number of sulfone groups is 1. The molecule has 2 aromatic rings. The summed E-state index contributed by atoms with van der Waals surface area (Å²) >= 11 is 0. The van der Waals surface area contributed by atoms with Gasteiger partial charge in [-0.2, -0.15) is 0 Å². The van der Waals surface area contributed by atoms with Crippen LogP contribution in [0.4, 0.5) is 0 Å². The lowest BCUT2D eigenvalue weighted by Gasteiger charge is -2.04. The van der Waals surface area contributed by atoms with Crippen molar-refractivity contribution in [3.05, 3.63) is 36.0 Å². The fourth-order valence-electron chi connectivity index (χ4n) is 1.78. The molecule has 0 amide bonds. The lowest BCUT2D eigenvalue weighted by molar-refractivity contribution is 0.596. The molecule has 0 N–H and O–H groups in total. The second kappa shape index (κ2) is 3.94. The van der Waals surface area contributed by atoms with Crippen molar-refractivity contribution in [1.29, 1.82) is 0 Å². The van der Waals surface area contributed by atoms with Crippen LogP contribution in [0.25, 0.3) is 10.9 Å². The Morgan fingerprint density at radius 2 is 2.00 bits per heavy atom. The van der Waals surface area contributed by atoms with E-state index in [1.807, 2.05) is 35.9 Å². The summed E-state index contributed by atoms with van der Waals surface area (Å²) < 4.78 is 24.2. The van der Waals surface area contributed by atoms with E-state index in [4.69, 9.17) is 0 Å². The van der Waals surface area contributed by atoms with Crippen LogP contribution < -0.4 is 0 Å². The maximum absolute atomic E-state index is 11.1. The standard InChI is InChI=1S/C12H15NO2S/c1-10-3-4-12-11(9-10)5-6-13(12)7-8-16(2,14)15/h3-6,9H,7-8H2,1-2H3. The molecule has 0 bridgehead atoms. The SMILES string of the molecule is Cc1ccc2c(ccn2CCS(C)(=O)=O)c1. The molecule has 0 aliphatic carbocycles. The Balaban J connectivity index is 2.32. The van der Waals surface area contributed by atoms with Crippen LogP contribution in [0.3, 0.4) is 0 Å². The molecule has 16 heavy (non-hydrogen) atoms. The zero-order valence-corrected chi connectivity index (χ0v) is 10.3. The highest BCUT2D eigenvalue weighted by Gasteiger charge is 2.05. The first kappa shape index (κ1) is 11.2. The van der Waals surface area contributed by atoms with Gasteiger partial charge in [0.1, 0.15) is 9.84 Å². The summed E-state index contributed by atoms with van der Waals surface area (Å²) in [6, 6.07) is 8.20. The molecule has 0 radical (unpaired) electrons. The molecule has 0 saturated heterocycles. The van der Waals surface area contributed by atoms with Crippen LogP contribution in [-0.4, -0.2) is 25.0 Å². The number of fused-ring (bicyclic) bond motifs is 1. The molecule has 3 nitrogen and oxygen atoms in total. The largest absolute Gasteiger partial charge is 0.346 e. The van der Waals surface area contributed by atoms with Gasteiger partial charge in [0, 0.05) is 24.5 Å². The Morgan fingerprint density at radius 1 is 1.25 bits per heavy atom. The monoisotopic (exact) mass is 237 g/mol. The smallest absolute Gasteiger partial charge is 0.149 e. The predicted molar refractivity (Wildman–Crippen MR) is 66.4 cm³/mol. The van der Waals surface area contributed by atoms with Crippen molar-refractivity contribution in [3.8, 4) is 0 Å². The second-order valence-electron chi connectivity index (χ2n) is 4.20. The van der Waals surface area contributed by atoms with Gasteiger partial charge in [-0.25, -0.2) is 8.42 Å². The Bertz CT molecular complexity index is 611. The third-order valence-corrected chi connectivity index (χ3v) is 3.55. The van der Waals surface area contributed by atoms with Gasteiger partial charge in [0.25, 0.3) is 0 Å². The van der Waals surface area contributed by atoms with E-state index in [0.29, 0.717) is 6.54 Å². The quantitative estimate of drug-likeness (QED) is 0.819. The minimum atomic E-state index is -2.90. The van der Waals surface area contributed by atoms with Crippen molar-refractivity contribution in [1.82, 2.24) is 4.57 Å². The molecule has 0 aliphatic heterocycles. The van der Waals surface area contributed by atoms with E-state index in [-0.39, 0.29) is 5.75 Å². The second-order valence-corrected chi connectivity index (χ2v) is 6.46. The molecule has 4 heteroatoms. The van der Waals surface area contributed by atoms with Crippen LogP contribution in [0, 0.1) is 6.92 Å². The molecular weight excluding hydrogens is 222 g/mol. The molecule has 0 unspecified atom stereocenters. The van der Waals surface area contributed by atoms with Crippen molar-refractivity contribution in [2.24, 2.45) is 0 Å². The molecule has 0 fully saturated rings. The number of hydrogen-bond donors (Lipinski definition) is 0. The molecule has 0 aliphatic rings. The lowest BCUT2D eigenvalue weighted by Crippen LogP contribution is -2.10. The molecule has 0 atom stereocenters. The van der Waals surface area contributed by atoms with Gasteiger partial charge in [-0.15, -0.1) is 0 Å². The summed E-state index contributed by atoms with van der Waals surface area (Å²) in [4.78, 5) is 0. The number of hydrogen-bond acceptors (Lipinski definition) is 2. The highest BCUT2D eigenvalue weighted by Crippen LogP contribution is 2.17. The molecule has 1 aromatic carbocycles. The first-order chi connectivity index (χ1) is 7.46. The third-order valence-electron chi connectivity index (χ3n) is 2.63. The Kier molecular flexibility index (Phi) is 2.76. The van der Waals surface area contributed by atoms with Gasteiger partial charge in [0.05, 0.1) is 5.75 Å². The van der Waals surface area contributed by atoms with Gasteiger partial charge in [-0.05, 0) is 30.5 Å². The van der Waals surface area contributed by atoms with E-state index in [9.17, 15) is 8.42 Å². The molecule has 0 spiro atoms. The van der Waals surface area contributed by atoms with E-state index >= 15 is 0 Å². The van der Waals surface area contributed by atoms with Crippen molar-refractivity contribution in [2.45, 2.75) is 13.5 Å². The zero-order chi connectivity index (χ0) is 11.8. The van der Waals surface area contributed by atoms with Crippen LogP contribution in [0.15, 0.2) is 30.5 Å². The molecule has 86 valence electrons. The van der Waals surface area contributed by atoms with Crippen LogP contribution in [0.5, 0.6) is 0 Å². The normalized spacial score (nSPS) is 12.1. The first-order valence-electron chi connectivity index (χ1n) is 5.19. The summed E-state index contributed by atoms with van der Waals surface area (Å²) in [6.07, 6.45) is 3.21. The van der Waals surface area contributed by atoms with Crippen LogP contribution >= 0.6 is 0 Å². The lowest BCUT2D eigenvalue weighted by atomic mass is 10.2. The molecule has 1 aromatic heterocycles. The average Bonchev–Trinajstić information content (AvgIpc) is 2.56. The molecular formula is C12H15NO2S. The average molecular weight is 237 g/mol. The van der Waals surface area contributed by atoms with Crippen molar-refractivity contribution in [2.75, 3.05) is 12.0 Å². The van der Waals surface area contributed by atoms with Gasteiger partial charge >= 0.3 is 0 Å². The number of benzene rings is 1. The zero-order valence-electron chi connectivity index (χ0n) is 9.47. The number of aryl methyl sites for hydroxylation is 2. The van der Waals surface area contributed by atoms with E-state index in [0.717, 1.165) is 10.9 Å². The number of aromatic nitrogens is 1. The highest BCUT2D eigenvalue weighted by atomic mass is 32.2. The van der Waals surface area contributed by atoms with E-state index in [2.05, 4.69) is 6.07 Å². The van der Waals surface area contributed by atoms with Gasteiger partial charge in [0.15, 0.2) is 0 Å². The van der Waals surface area contributed by atoms with Crippen molar-refractivity contribution in [3.63, 3.8) is 0 Å². The van der Waals surface area contributed by atoms with Crippen LogP contribution in [0.1, 0.15) is 5.56 Å². The van der Waals surface area contributed by atoms with Crippen LogP contribution in [0.2, 0.25) is 0 Å². The van der Waals surface area contributed by atoms with Crippen molar-refractivity contribution < 1.29 is 8.42 Å². The highest BCUT2D eigenvalue weighted by molar-refractivity contribution is 7.90. The van der Waals surface area contributed by atoms with Gasteiger partial charge in [0.2, 0.25) is 0 Å². The summed E-state index contributed by atoms with van der Waals surface area (Å²) in [5.74, 6) is 0.185. The topological polar surface area (TPSA) is 39.1 Å². The maximum Gasteiger partial charge on any atom is 0.149 e. The van der Waals surface area contributed by atoms with Crippen LogP contribution in [-0.2, 0) is 16.4 Å². The Labute approximate surface area is 95.6 Å². The van der Waals surface area contributed by atoms with Crippen molar-refractivity contribution >= 4 is 20.7 Å². The van der Waals surface area contributed by atoms with E-state index in [1.54, 1.807) is 0 Å². The summed E-state index contributed by atoms with van der Waals surface area (Å²) in [5.41, 5.74) is 2.31. The number of nitrogens with zero attached hydrogens (tertiary/aromatic N) is 1.